The van der Waals surface area contributed by atoms with E-state index in [1.54, 1.807) is 5.57 Å². The van der Waals surface area contributed by atoms with Gasteiger partial charge in [-0.2, -0.15) is 0 Å². The van der Waals surface area contributed by atoms with Gasteiger partial charge in [-0.3, -0.25) is 0 Å². The van der Waals surface area contributed by atoms with Crippen molar-refractivity contribution in [3.05, 3.63) is 11.6 Å². The predicted octanol–water partition coefficient (Wildman–Crippen LogP) is 1.27. The van der Waals surface area contributed by atoms with E-state index in [1.807, 2.05) is 0 Å². The second-order valence-corrected chi connectivity index (χ2v) is 2.62. The highest BCUT2D eigenvalue weighted by Gasteiger charge is 2.08. The molecule has 0 N–H and O–H groups in total. The van der Waals surface area contributed by atoms with E-state index in [1.165, 1.54) is 12.8 Å². The third-order valence-corrected chi connectivity index (χ3v) is 1.28. The van der Waals surface area contributed by atoms with Crippen molar-refractivity contribution in [2.24, 2.45) is 0 Å². The third-order valence-electron chi connectivity index (χ3n) is 1.28. The second kappa shape index (κ2) is 2.31. The molecule has 1 heteroatoms. The summed E-state index contributed by atoms with van der Waals surface area (Å²) in [5, 5.41) is 0. The van der Waals surface area contributed by atoms with E-state index in [4.69, 9.17) is 0 Å². The van der Waals surface area contributed by atoms with Gasteiger partial charge in [0, 0.05) is 6.54 Å². The quantitative estimate of drug-likeness (QED) is 0.485. The molecule has 46 valence electrons. The summed E-state index contributed by atoms with van der Waals surface area (Å²) < 4.78 is 0. The predicted molar refractivity (Wildman–Crippen MR) is 35.9 cm³/mol. The summed E-state index contributed by atoms with van der Waals surface area (Å²) in [5.41, 5.74) is 1.64. The normalized spacial score (nSPS) is 17.1. The Balaban J connectivity index is 2.11. The average molecular weight is 111 g/mol. The lowest BCUT2D eigenvalue weighted by Gasteiger charge is -2.02. The van der Waals surface area contributed by atoms with Crippen LogP contribution in [0, 0.1) is 0 Å². The lowest BCUT2D eigenvalue weighted by atomic mass is 10.5. The van der Waals surface area contributed by atoms with Crippen molar-refractivity contribution < 1.29 is 0 Å². The molecule has 0 atom stereocenters. The Morgan fingerprint density at radius 2 is 2.12 bits per heavy atom. The van der Waals surface area contributed by atoms with Gasteiger partial charge in [-0.1, -0.05) is 11.6 Å². The fraction of sp³-hybridized carbons (Fsp3) is 0.714. The summed E-state index contributed by atoms with van der Waals surface area (Å²) in [4.78, 5) is 2.19. The number of likely N-dealkylation sites (N-methyl/N-ethyl adjacent to an activating group) is 1. The molecule has 0 spiro atoms. The fourth-order valence-corrected chi connectivity index (χ4v) is 0.588. The molecular weight excluding hydrogens is 98.1 g/mol. The molecule has 0 radical (unpaired) electrons. The molecule has 1 saturated carbocycles. The molecule has 1 aliphatic rings. The van der Waals surface area contributed by atoms with Gasteiger partial charge in [0.05, 0.1) is 0 Å². The Kier molecular flexibility index (Phi) is 1.69. The van der Waals surface area contributed by atoms with Gasteiger partial charge in [-0.05, 0) is 26.9 Å². The third kappa shape index (κ3) is 2.12. The molecule has 1 aliphatic carbocycles. The maximum Gasteiger partial charge on any atom is 0.0159 e. The van der Waals surface area contributed by atoms with E-state index in [0.717, 1.165) is 6.54 Å². The van der Waals surface area contributed by atoms with Gasteiger partial charge >= 0.3 is 0 Å². The van der Waals surface area contributed by atoms with Crippen LogP contribution in [-0.4, -0.2) is 25.5 Å². The van der Waals surface area contributed by atoms with Crippen LogP contribution < -0.4 is 0 Å². The SMILES string of the molecule is CN(C)CC=C1CC1. The highest BCUT2D eigenvalue weighted by molar-refractivity contribution is 5.16. The number of hydrogen-bond donors (Lipinski definition) is 0. The van der Waals surface area contributed by atoms with Crippen molar-refractivity contribution in [1.82, 2.24) is 4.90 Å². The minimum Gasteiger partial charge on any atom is -0.306 e. The van der Waals surface area contributed by atoms with Crippen molar-refractivity contribution in [3.63, 3.8) is 0 Å². The smallest absolute Gasteiger partial charge is 0.0159 e. The van der Waals surface area contributed by atoms with Crippen molar-refractivity contribution >= 4 is 0 Å². The molecule has 0 aromatic carbocycles. The molecule has 0 amide bonds. The molecular formula is C7H13N. The van der Waals surface area contributed by atoms with Crippen molar-refractivity contribution in [2.45, 2.75) is 12.8 Å². The Labute approximate surface area is 51.0 Å². The van der Waals surface area contributed by atoms with E-state index in [-0.39, 0.29) is 0 Å². The molecule has 1 rings (SSSR count). The van der Waals surface area contributed by atoms with Crippen LogP contribution in [0.15, 0.2) is 11.6 Å². The summed E-state index contributed by atoms with van der Waals surface area (Å²) in [6.07, 6.45) is 5.03. The first-order valence-electron chi connectivity index (χ1n) is 3.11. The van der Waals surface area contributed by atoms with Crippen molar-refractivity contribution in [2.75, 3.05) is 20.6 Å². The van der Waals surface area contributed by atoms with E-state index >= 15 is 0 Å². The van der Waals surface area contributed by atoms with Crippen molar-refractivity contribution in [1.29, 1.82) is 0 Å². The minimum absolute atomic E-state index is 1.12. The van der Waals surface area contributed by atoms with Gasteiger partial charge in [0.15, 0.2) is 0 Å². The van der Waals surface area contributed by atoms with Crippen LogP contribution in [0.1, 0.15) is 12.8 Å². The molecule has 0 saturated heterocycles. The summed E-state index contributed by atoms with van der Waals surface area (Å²) in [5.74, 6) is 0. The first-order valence-corrected chi connectivity index (χ1v) is 3.11. The van der Waals surface area contributed by atoms with Crippen LogP contribution in [0.3, 0.4) is 0 Å². The van der Waals surface area contributed by atoms with E-state index < -0.39 is 0 Å². The molecule has 0 bridgehead atoms. The maximum absolute atomic E-state index is 2.32. The fourth-order valence-electron chi connectivity index (χ4n) is 0.588. The topological polar surface area (TPSA) is 3.24 Å². The van der Waals surface area contributed by atoms with Crippen molar-refractivity contribution in [3.8, 4) is 0 Å². The van der Waals surface area contributed by atoms with Gasteiger partial charge < -0.3 is 4.90 Å². The Morgan fingerprint density at radius 3 is 2.50 bits per heavy atom. The highest BCUT2D eigenvalue weighted by Crippen LogP contribution is 2.26. The van der Waals surface area contributed by atoms with Gasteiger partial charge in [-0.25, -0.2) is 0 Å². The Hall–Kier alpha value is -0.300. The van der Waals surface area contributed by atoms with Crippen LogP contribution in [0.4, 0.5) is 0 Å². The van der Waals surface area contributed by atoms with E-state index in [0.29, 0.717) is 0 Å². The van der Waals surface area contributed by atoms with Crippen LogP contribution in [-0.2, 0) is 0 Å². The van der Waals surface area contributed by atoms with E-state index in [9.17, 15) is 0 Å². The summed E-state index contributed by atoms with van der Waals surface area (Å²) in [7, 11) is 4.19. The van der Waals surface area contributed by atoms with Gasteiger partial charge in [-0.15, -0.1) is 0 Å². The van der Waals surface area contributed by atoms with Crippen LogP contribution >= 0.6 is 0 Å². The summed E-state index contributed by atoms with van der Waals surface area (Å²) in [6.45, 7) is 1.12. The molecule has 1 fully saturated rings. The van der Waals surface area contributed by atoms with Gasteiger partial charge in [0.2, 0.25) is 0 Å². The Morgan fingerprint density at radius 1 is 1.50 bits per heavy atom. The second-order valence-electron chi connectivity index (χ2n) is 2.62. The van der Waals surface area contributed by atoms with Crippen LogP contribution in [0.2, 0.25) is 0 Å². The molecule has 0 heterocycles. The maximum atomic E-state index is 2.32. The minimum atomic E-state index is 1.12. The van der Waals surface area contributed by atoms with Gasteiger partial charge in [0.1, 0.15) is 0 Å². The zero-order valence-electron chi connectivity index (χ0n) is 5.65. The summed E-state index contributed by atoms with van der Waals surface area (Å²) >= 11 is 0. The number of nitrogens with zero attached hydrogens (tertiary/aromatic N) is 1. The number of rotatable bonds is 2. The van der Waals surface area contributed by atoms with Crippen LogP contribution in [0.5, 0.6) is 0 Å². The largest absolute Gasteiger partial charge is 0.306 e. The lowest BCUT2D eigenvalue weighted by molar-refractivity contribution is 0.456. The lowest BCUT2D eigenvalue weighted by Crippen LogP contribution is -2.10. The first kappa shape index (κ1) is 5.83. The molecule has 0 aromatic heterocycles. The van der Waals surface area contributed by atoms with Gasteiger partial charge in [0.25, 0.3) is 0 Å². The Bertz CT molecular complexity index is 97.0. The first-order chi connectivity index (χ1) is 3.79. The zero-order chi connectivity index (χ0) is 5.98. The monoisotopic (exact) mass is 111 g/mol. The molecule has 8 heavy (non-hydrogen) atoms. The molecule has 0 aliphatic heterocycles. The summed E-state index contributed by atoms with van der Waals surface area (Å²) in [6, 6.07) is 0. The number of hydrogen-bond acceptors (Lipinski definition) is 1. The molecule has 1 nitrogen and oxygen atoms in total. The molecule has 0 aromatic rings. The average Bonchev–Trinajstić information content (AvgIpc) is 2.41. The molecule has 0 unspecified atom stereocenters. The number of allylic oxidation sites excluding steroid dienone is 1. The zero-order valence-corrected chi connectivity index (χ0v) is 5.65. The van der Waals surface area contributed by atoms with Crippen LogP contribution in [0.25, 0.3) is 0 Å². The standard InChI is InChI=1S/C7H13N/c1-8(2)6-5-7-3-4-7/h5H,3-4,6H2,1-2H3. The van der Waals surface area contributed by atoms with E-state index in [2.05, 4.69) is 25.1 Å². The highest BCUT2D eigenvalue weighted by atomic mass is 15.0.